The van der Waals surface area contributed by atoms with Gasteiger partial charge in [0.15, 0.2) is 5.69 Å². The van der Waals surface area contributed by atoms with Crippen molar-refractivity contribution in [2.24, 2.45) is 0 Å². The number of nitrogens with two attached hydrogens (primary N) is 1. The Morgan fingerprint density at radius 3 is 2.40 bits per heavy atom. The first kappa shape index (κ1) is 14.1. The molecule has 20 heavy (non-hydrogen) atoms. The van der Waals surface area contributed by atoms with Crippen LogP contribution in [0.25, 0.3) is 0 Å². The lowest BCUT2D eigenvalue weighted by molar-refractivity contribution is -0.141. The standard InChI is InChI=1S/C13H13F3N4/c1-7-3-4-9(8(2)5-7)18-11-6-10(13(14,15)16)19-12(17)20-11/h3-6H,1-2H3,(H3,17,18,19,20). The maximum atomic E-state index is 12.6. The summed E-state index contributed by atoms with van der Waals surface area (Å²) in [6.07, 6.45) is -4.56. The molecule has 106 valence electrons. The molecule has 0 spiro atoms. The summed E-state index contributed by atoms with van der Waals surface area (Å²) in [5.41, 5.74) is 6.87. The molecule has 0 aliphatic carbocycles. The topological polar surface area (TPSA) is 63.8 Å². The number of nitrogen functional groups attached to an aromatic ring is 1. The lowest BCUT2D eigenvalue weighted by Gasteiger charge is -2.12. The smallest absolute Gasteiger partial charge is 0.368 e. The first-order valence-electron chi connectivity index (χ1n) is 5.82. The van der Waals surface area contributed by atoms with Gasteiger partial charge in [0.05, 0.1) is 0 Å². The van der Waals surface area contributed by atoms with Crippen LogP contribution in [0.2, 0.25) is 0 Å². The molecule has 0 unspecified atom stereocenters. The zero-order chi connectivity index (χ0) is 14.9. The van der Waals surface area contributed by atoms with Gasteiger partial charge in [-0.1, -0.05) is 17.7 Å². The van der Waals surface area contributed by atoms with E-state index >= 15 is 0 Å². The van der Waals surface area contributed by atoms with Crippen LogP contribution in [0.4, 0.5) is 30.6 Å². The molecule has 0 bridgehead atoms. The number of benzene rings is 1. The van der Waals surface area contributed by atoms with E-state index in [0.29, 0.717) is 5.69 Å². The Kier molecular flexibility index (Phi) is 3.52. The Hall–Kier alpha value is -2.31. The number of anilines is 3. The second-order valence-corrected chi connectivity index (χ2v) is 4.44. The van der Waals surface area contributed by atoms with E-state index in [1.165, 1.54) is 0 Å². The van der Waals surface area contributed by atoms with E-state index in [1.807, 2.05) is 26.0 Å². The second kappa shape index (κ2) is 4.99. The summed E-state index contributed by atoms with van der Waals surface area (Å²) in [6.45, 7) is 3.78. The molecule has 1 aromatic carbocycles. The van der Waals surface area contributed by atoms with Crippen LogP contribution in [0.5, 0.6) is 0 Å². The molecule has 2 aromatic rings. The number of hydrogen-bond acceptors (Lipinski definition) is 4. The molecule has 7 heteroatoms. The molecule has 0 aliphatic heterocycles. The van der Waals surface area contributed by atoms with Gasteiger partial charge in [0.25, 0.3) is 0 Å². The summed E-state index contributed by atoms with van der Waals surface area (Å²) in [5, 5.41) is 2.82. The summed E-state index contributed by atoms with van der Waals surface area (Å²) in [4.78, 5) is 6.95. The molecule has 2 rings (SSSR count). The van der Waals surface area contributed by atoms with Crippen molar-refractivity contribution in [2.75, 3.05) is 11.1 Å². The third-order valence-electron chi connectivity index (χ3n) is 2.68. The van der Waals surface area contributed by atoms with Crippen LogP contribution in [0.15, 0.2) is 24.3 Å². The van der Waals surface area contributed by atoms with E-state index in [-0.39, 0.29) is 5.82 Å². The normalized spacial score (nSPS) is 11.4. The SMILES string of the molecule is Cc1ccc(Nc2cc(C(F)(F)F)nc(N)n2)c(C)c1. The van der Waals surface area contributed by atoms with Crippen molar-refractivity contribution < 1.29 is 13.2 Å². The molecule has 3 N–H and O–H groups in total. The molecule has 0 atom stereocenters. The molecular formula is C13H13F3N4. The van der Waals surface area contributed by atoms with Crippen molar-refractivity contribution in [2.45, 2.75) is 20.0 Å². The van der Waals surface area contributed by atoms with Crippen LogP contribution >= 0.6 is 0 Å². The zero-order valence-corrected chi connectivity index (χ0v) is 10.9. The van der Waals surface area contributed by atoms with Gasteiger partial charge < -0.3 is 11.1 Å². The first-order chi connectivity index (χ1) is 9.25. The highest BCUT2D eigenvalue weighted by Gasteiger charge is 2.33. The van der Waals surface area contributed by atoms with Gasteiger partial charge in [0, 0.05) is 11.8 Å². The fourth-order valence-corrected chi connectivity index (χ4v) is 1.77. The summed E-state index contributed by atoms with van der Waals surface area (Å²) < 4.78 is 37.9. The molecule has 4 nitrogen and oxygen atoms in total. The number of halogens is 3. The molecular weight excluding hydrogens is 269 g/mol. The Morgan fingerprint density at radius 1 is 1.10 bits per heavy atom. The number of nitrogens with one attached hydrogen (secondary N) is 1. The minimum absolute atomic E-state index is 0.0109. The summed E-state index contributed by atoms with van der Waals surface area (Å²) in [6, 6.07) is 6.37. The quantitative estimate of drug-likeness (QED) is 0.885. The number of alkyl halides is 3. The van der Waals surface area contributed by atoms with Crippen LogP contribution in [0.1, 0.15) is 16.8 Å². The number of nitrogens with zero attached hydrogens (tertiary/aromatic N) is 2. The number of rotatable bonds is 2. The summed E-state index contributed by atoms with van der Waals surface area (Å²) in [7, 11) is 0. The summed E-state index contributed by atoms with van der Waals surface area (Å²) in [5.74, 6) is -0.413. The van der Waals surface area contributed by atoms with Crippen LogP contribution in [-0.2, 0) is 6.18 Å². The van der Waals surface area contributed by atoms with Gasteiger partial charge >= 0.3 is 6.18 Å². The fourth-order valence-electron chi connectivity index (χ4n) is 1.77. The monoisotopic (exact) mass is 282 g/mol. The van der Waals surface area contributed by atoms with Crippen LogP contribution in [0.3, 0.4) is 0 Å². The molecule has 1 heterocycles. The van der Waals surface area contributed by atoms with Crippen molar-refractivity contribution in [1.29, 1.82) is 0 Å². The molecule has 0 aliphatic rings. The lowest BCUT2D eigenvalue weighted by Crippen LogP contribution is -2.12. The average Bonchev–Trinajstić information content (AvgIpc) is 2.31. The Labute approximate surface area is 113 Å². The van der Waals surface area contributed by atoms with Gasteiger partial charge in [-0.05, 0) is 25.5 Å². The molecule has 0 amide bonds. The molecule has 1 aromatic heterocycles. The molecule has 0 fully saturated rings. The maximum absolute atomic E-state index is 12.6. The third-order valence-corrected chi connectivity index (χ3v) is 2.68. The van der Waals surface area contributed by atoms with E-state index in [4.69, 9.17) is 5.73 Å². The average molecular weight is 282 g/mol. The number of hydrogen-bond donors (Lipinski definition) is 2. The zero-order valence-electron chi connectivity index (χ0n) is 10.9. The van der Waals surface area contributed by atoms with Crippen molar-refractivity contribution in [3.63, 3.8) is 0 Å². The van der Waals surface area contributed by atoms with Gasteiger partial charge in [-0.3, -0.25) is 0 Å². The lowest BCUT2D eigenvalue weighted by atomic mass is 10.1. The largest absolute Gasteiger partial charge is 0.433 e. The summed E-state index contributed by atoms with van der Waals surface area (Å²) >= 11 is 0. The predicted molar refractivity (Wildman–Crippen MR) is 70.6 cm³/mol. The van der Waals surface area contributed by atoms with Crippen LogP contribution in [0, 0.1) is 13.8 Å². The molecule has 0 radical (unpaired) electrons. The first-order valence-corrected chi connectivity index (χ1v) is 5.82. The van der Waals surface area contributed by atoms with Gasteiger partial charge in [-0.15, -0.1) is 0 Å². The highest BCUT2D eigenvalue weighted by molar-refractivity contribution is 5.61. The van der Waals surface area contributed by atoms with Gasteiger partial charge in [0.1, 0.15) is 5.82 Å². The van der Waals surface area contributed by atoms with E-state index in [0.717, 1.165) is 17.2 Å². The predicted octanol–water partition coefficient (Wildman–Crippen LogP) is 3.44. The van der Waals surface area contributed by atoms with E-state index < -0.39 is 17.8 Å². The fraction of sp³-hybridized carbons (Fsp3) is 0.231. The van der Waals surface area contributed by atoms with E-state index in [2.05, 4.69) is 15.3 Å². The molecule has 0 saturated heterocycles. The maximum Gasteiger partial charge on any atom is 0.433 e. The minimum Gasteiger partial charge on any atom is -0.368 e. The third kappa shape index (κ3) is 3.17. The van der Waals surface area contributed by atoms with Crippen molar-refractivity contribution in [1.82, 2.24) is 9.97 Å². The Bertz CT molecular complexity index is 638. The van der Waals surface area contributed by atoms with Crippen molar-refractivity contribution >= 4 is 17.5 Å². The van der Waals surface area contributed by atoms with Crippen molar-refractivity contribution in [3.05, 3.63) is 41.1 Å². The van der Waals surface area contributed by atoms with Crippen molar-refractivity contribution in [3.8, 4) is 0 Å². The van der Waals surface area contributed by atoms with Gasteiger partial charge in [0.2, 0.25) is 5.95 Å². The highest BCUT2D eigenvalue weighted by Crippen LogP contribution is 2.30. The Balaban J connectivity index is 2.36. The minimum atomic E-state index is -4.56. The highest BCUT2D eigenvalue weighted by atomic mass is 19.4. The van der Waals surface area contributed by atoms with Gasteiger partial charge in [-0.25, -0.2) is 4.98 Å². The number of aryl methyl sites for hydroxylation is 2. The van der Waals surface area contributed by atoms with E-state index in [1.54, 1.807) is 6.07 Å². The second-order valence-electron chi connectivity index (χ2n) is 4.44. The van der Waals surface area contributed by atoms with E-state index in [9.17, 15) is 13.2 Å². The van der Waals surface area contributed by atoms with Crippen LogP contribution < -0.4 is 11.1 Å². The van der Waals surface area contributed by atoms with Crippen LogP contribution in [-0.4, -0.2) is 9.97 Å². The number of aromatic nitrogens is 2. The molecule has 0 saturated carbocycles. The Morgan fingerprint density at radius 2 is 1.80 bits per heavy atom. The van der Waals surface area contributed by atoms with Gasteiger partial charge in [-0.2, -0.15) is 18.2 Å².